The van der Waals surface area contributed by atoms with Crippen molar-refractivity contribution in [2.24, 2.45) is 0 Å². The zero-order valence-corrected chi connectivity index (χ0v) is 10.7. The second-order valence-corrected chi connectivity index (χ2v) is 4.14. The number of rotatable bonds is 6. The number of nitrogens with zero attached hydrogens (tertiary/aromatic N) is 1. The first-order chi connectivity index (χ1) is 8.15. The zero-order valence-electron chi connectivity index (χ0n) is 9.89. The van der Waals surface area contributed by atoms with Crippen LogP contribution in [0.5, 0.6) is 0 Å². The van der Waals surface area contributed by atoms with Gasteiger partial charge >= 0.3 is 11.9 Å². The molecule has 1 rings (SSSR count). The van der Waals surface area contributed by atoms with Crippen molar-refractivity contribution in [2.45, 2.75) is 26.7 Å². The van der Waals surface area contributed by atoms with Gasteiger partial charge in [0.15, 0.2) is 0 Å². The maximum absolute atomic E-state index is 11.2. The van der Waals surface area contributed by atoms with Crippen molar-refractivity contribution in [1.29, 1.82) is 0 Å². The van der Waals surface area contributed by atoms with E-state index in [0.717, 1.165) is 0 Å². The topological polar surface area (TPSA) is 65.5 Å². The quantitative estimate of drug-likeness (QED) is 0.720. The minimum atomic E-state index is -0.305. The van der Waals surface area contributed by atoms with Crippen LogP contribution in [-0.2, 0) is 31.9 Å². The van der Waals surface area contributed by atoms with E-state index in [1.807, 2.05) is 0 Å². The van der Waals surface area contributed by atoms with Gasteiger partial charge in [0.1, 0.15) is 5.01 Å². The van der Waals surface area contributed by atoms with Gasteiger partial charge in [0.2, 0.25) is 0 Å². The SMILES string of the molecule is CCOC(=O)Cc1csc(CC(=O)OCC)n1. The normalized spacial score (nSPS) is 10.0. The minimum absolute atomic E-state index is 0.146. The third kappa shape index (κ3) is 4.95. The van der Waals surface area contributed by atoms with Crippen LogP contribution in [0.4, 0.5) is 0 Å². The Morgan fingerprint density at radius 3 is 2.35 bits per heavy atom. The van der Waals surface area contributed by atoms with Gasteiger partial charge in [-0.3, -0.25) is 9.59 Å². The van der Waals surface area contributed by atoms with Gasteiger partial charge in [-0.2, -0.15) is 0 Å². The number of aromatic nitrogens is 1. The fourth-order valence-electron chi connectivity index (χ4n) is 1.21. The summed E-state index contributed by atoms with van der Waals surface area (Å²) in [6.45, 7) is 4.23. The molecule has 1 heterocycles. The summed E-state index contributed by atoms with van der Waals surface area (Å²) >= 11 is 1.34. The van der Waals surface area contributed by atoms with E-state index in [0.29, 0.717) is 23.9 Å². The van der Waals surface area contributed by atoms with Gasteiger partial charge in [0.05, 0.1) is 31.7 Å². The van der Waals surface area contributed by atoms with E-state index < -0.39 is 0 Å². The third-order valence-electron chi connectivity index (χ3n) is 1.83. The maximum Gasteiger partial charge on any atom is 0.312 e. The van der Waals surface area contributed by atoms with Crippen molar-refractivity contribution in [3.05, 3.63) is 16.1 Å². The van der Waals surface area contributed by atoms with Crippen LogP contribution in [0, 0.1) is 0 Å². The molecule has 0 unspecified atom stereocenters. The van der Waals surface area contributed by atoms with Gasteiger partial charge in [0.25, 0.3) is 0 Å². The van der Waals surface area contributed by atoms with Crippen LogP contribution in [-0.4, -0.2) is 30.1 Å². The molecule has 5 nitrogen and oxygen atoms in total. The predicted octanol–water partition coefficient (Wildman–Crippen LogP) is 1.35. The Morgan fingerprint density at radius 1 is 1.18 bits per heavy atom. The molecule has 0 aliphatic rings. The molecule has 0 aromatic carbocycles. The number of hydrogen-bond acceptors (Lipinski definition) is 6. The molecule has 0 bridgehead atoms. The van der Waals surface area contributed by atoms with Gasteiger partial charge in [-0.25, -0.2) is 4.98 Å². The Balaban J connectivity index is 2.47. The Kier molecular flexibility index (Phi) is 5.62. The van der Waals surface area contributed by atoms with Crippen LogP contribution >= 0.6 is 11.3 Å². The van der Waals surface area contributed by atoms with Gasteiger partial charge in [-0.05, 0) is 13.8 Å². The van der Waals surface area contributed by atoms with Crippen LogP contribution in [0.1, 0.15) is 24.5 Å². The van der Waals surface area contributed by atoms with Crippen molar-refractivity contribution in [1.82, 2.24) is 4.98 Å². The number of carbonyl (C=O) groups excluding carboxylic acids is 2. The highest BCUT2D eigenvalue weighted by atomic mass is 32.1. The molecule has 1 aromatic rings. The summed E-state index contributed by atoms with van der Waals surface area (Å²) in [7, 11) is 0. The predicted molar refractivity (Wildman–Crippen MR) is 62.8 cm³/mol. The molecule has 0 spiro atoms. The average Bonchev–Trinajstić information content (AvgIpc) is 2.66. The van der Waals surface area contributed by atoms with Crippen molar-refractivity contribution >= 4 is 23.3 Å². The summed E-state index contributed by atoms with van der Waals surface area (Å²) in [6, 6.07) is 0. The molecule has 0 saturated carbocycles. The minimum Gasteiger partial charge on any atom is -0.466 e. The second kappa shape index (κ2) is 7.01. The van der Waals surface area contributed by atoms with Crippen LogP contribution in [0.15, 0.2) is 5.38 Å². The molecular weight excluding hydrogens is 242 g/mol. The number of thiazole rings is 1. The Hall–Kier alpha value is -1.43. The van der Waals surface area contributed by atoms with E-state index in [1.54, 1.807) is 19.2 Å². The molecular formula is C11H15NO4S. The van der Waals surface area contributed by atoms with Crippen LogP contribution in [0.25, 0.3) is 0 Å². The number of ether oxygens (including phenoxy) is 2. The monoisotopic (exact) mass is 257 g/mol. The van der Waals surface area contributed by atoms with Gasteiger partial charge in [-0.15, -0.1) is 11.3 Å². The highest BCUT2D eigenvalue weighted by Gasteiger charge is 2.11. The molecule has 94 valence electrons. The Bertz CT molecular complexity index is 354. The lowest BCUT2D eigenvalue weighted by Crippen LogP contribution is -2.09. The number of esters is 2. The maximum atomic E-state index is 11.2. The largest absolute Gasteiger partial charge is 0.466 e. The van der Waals surface area contributed by atoms with E-state index in [4.69, 9.17) is 9.47 Å². The van der Waals surface area contributed by atoms with Crippen LogP contribution < -0.4 is 0 Å². The molecule has 6 heteroatoms. The molecule has 0 N–H and O–H groups in total. The molecule has 0 aliphatic heterocycles. The first kappa shape index (κ1) is 13.6. The summed E-state index contributed by atoms with van der Waals surface area (Å²) in [6.07, 6.45) is 0.300. The van der Waals surface area contributed by atoms with E-state index >= 15 is 0 Å². The highest BCUT2D eigenvalue weighted by molar-refractivity contribution is 7.09. The van der Waals surface area contributed by atoms with Crippen LogP contribution in [0.3, 0.4) is 0 Å². The molecule has 0 saturated heterocycles. The fourth-order valence-corrected chi connectivity index (χ4v) is 1.99. The second-order valence-electron chi connectivity index (χ2n) is 3.20. The Morgan fingerprint density at radius 2 is 1.76 bits per heavy atom. The molecule has 17 heavy (non-hydrogen) atoms. The standard InChI is InChI=1S/C11H15NO4S/c1-3-15-10(13)5-8-7-17-9(12-8)6-11(14)16-4-2/h7H,3-6H2,1-2H3. The van der Waals surface area contributed by atoms with Gasteiger partial charge in [-0.1, -0.05) is 0 Å². The molecule has 0 radical (unpaired) electrons. The lowest BCUT2D eigenvalue weighted by Gasteiger charge is -1.99. The summed E-state index contributed by atoms with van der Waals surface area (Å²) in [5.74, 6) is -0.606. The van der Waals surface area contributed by atoms with E-state index in [9.17, 15) is 9.59 Å². The summed E-state index contributed by atoms with van der Waals surface area (Å²) in [4.78, 5) is 26.6. The third-order valence-corrected chi connectivity index (χ3v) is 2.73. The Labute approximate surface area is 104 Å². The van der Waals surface area contributed by atoms with Crippen LogP contribution in [0.2, 0.25) is 0 Å². The molecule has 0 fully saturated rings. The van der Waals surface area contributed by atoms with Gasteiger partial charge in [0, 0.05) is 5.38 Å². The van der Waals surface area contributed by atoms with Crippen molar-refractivity contribution in [3.63, 3.8) is 0 Å². The van der Waals surface area contributed by atoms with E-state index in [2.05, 4.69) is 4.98 Å². The van der Waals surface area contributed by atoms with Crippen molar-refractivity contribution in [2.75, 3.05) is 13.2 Å². The first-order valence-corrected chi connectivity index (χ1v) is 6.28. The summed E-state index contributed by atoms with van der Waals surface area (Å²) < 4.78 is 9.62. The molecule has 1 aromatic heterocycles. The summed E-state index contributed by atoms with van der Waals surface area (Å²) in [5, 5.41) is 2.41. The van der Waals surface area contributed by atoms with Crippen molar-refractivity contribution in [3.8, 4) is 0 Å². The number of hydrogen-bond donors (Lipinski definition) is 0. The zero-order chi connectivity index (χ0) is 12.7. The molecule has 0 amide bonds. The van der Waals surface area contributed by atoms with E-state index in [-0.39, 0.29) is 24.8 Å². The lowest BCUT2D eigenvalue weighted by molar-refractivity contribution is -0.143. The first-order valence-electron chi connectivity index (χ1n) is 5.40. The van der Waals surface area contributed by atoms with E-state index in [1.165, 1.54) is 11.3 Å². The van der Waals surface area contributed by atoms with Crippen molar-refractivity contribution < 1.29 is 19.1 Å². The molecule has 0 aliphatic carbocycles. The summed E-state index contributed by atoms with van der Waals surface area (Å²) in [5.41, 5.74) is 0.632. The lowest BCUT2D eigenvalue weighted by atomic mass is 10.3. The number of carbonyl (C=O) groups is 2. The van der Waals surface area contributed by atoms with Gasteiger partial charge < -0.3 is 9.47 Å². The fraction of sp³-hybridized carbons (Fsp3) is 0.545. The molecule has 0 atom stereocenters. The average molecular weight is 257 g/mol. The smallest absolute Gasteiger partial charge is 0.312 e. The highest BCUT2D eigenvalue weighted by Crippen LogP contribution is 2.12.